The van der Waals surface area contributed by atoms with E-state index in [9.17, 15) is 4.79 Å². The number of hydrogen-bond donors (Lipinski definition) is 2. The summed E-state index contributed by atoms with van der Waals surface area (Å²) in [6, 6.07) is 10.9. The number of nitrogens with zero attached hydrogens (tertiary/aromatic N) is 3. The smallest absolute Gasteiger partial charge is 0.247 e. The fourth-order valence-electron chi connectivity index (χ4n) is 5.10. The minimum absolute atomic E-state index is 0.203. The average molecular weight is 498 g/mol. The van der Waals surface area contributed by atoms with Gasteiger partial charge in [-0.25, -0.2) is 4.98 Å². The van der Waals surface area contributed by atoms with E-state index in [0.29, 0.717) is 6.61 Å². The van der Waals surface area contributed by atoms with Gasteiger partial charge in [0.2, 0.25) is 5.91 Å². The Balaban J connectivity index is 1.58. The summed E-state index contributed by atoms with van der Waals surface area (Å²) in [5, 5.41) is 4.00. The summed E-state index contributed by atoms with van der Waals surface area (Å²) < 4.78 is 5.78. The van der Waals surface area contributed by atoms with E-state index < -0.39 is 0 Å². The van der Waals surface area contributed by atoms with Gasteiger partial charge in [-0.3, -0.25) is 4.79 Å². The number of amides is 1. The molecule has 2 aromatic heterocycles. The monoisotopic (exact) mass is 497 g/mol. The number of likely N-dealkylation sites (N-methyl/N-ethyl adjacent to an activating group) is 1. The Morgan fingerprint density at radius 2 is 1.95 bits per heavy atom. The molecule has 3 heterocycles. The lowest BCUT2D eigenvalue weighted by atomic mass is 9.89. The van der Waals surface area contributed by atoms with Gasteiger partial charge in [0.1, 0.15) is 11.4 Å². The van der Waals surface area contributed by atoms with Crippen molar-refractivity contribution in [1.29, 1.82) is 0 Å². The molecule has 3 aromatic rings. The zero-order valence-corrected chi connectivity index (χ0v) is 21.9. The van der Waals surface area contributed by atoms with Crippen LogP contribution in [0.15, 0.2) is 66.5 Å². The molecule has 0 atom stereocenters. The molecule has 1 saturated heterocycles. The van der Waals surface area contributed by atoms with Crippen molar-refractivity contribution in [1.82, 2.24) is 20.2 Å². The largest absolute Gasteiger partial charge is 0.492 e. The molecule has 5 rings (SSSR count). The molecule has 0 unspecified atom stereocenters. The zero-order valence-electron chi connectivity index (χ0n) is 21.9. The van der Waals surface area contributed by atoms with Crippen molar-refractivity contribution in [2.75, 3.05) is 44.7 Å². The molecule has 0 saturated carbocycles. The molecule has 1 amide bonds. The van der Waals surface area contributed by atoms with E-state index in [1.807, 2.05) is 6.92 Å². The van der Waals surface area contributed by atoms with Gasteiger partial charge in [0.05, 0.1) is 18.5 Å². The number of nitrogens with one attached hydrogen (secondary N) is 2. The van der Waals surface area contributed by atoms with Crippen LogP contribution in [0.3, 0.4) is 0 Å². The van der Waals surface area contributed by atoms with Gasteiger partial charge in [0.25, 0.3) is 0 Å². The van der Waals surface area contributed by atoms with E-state index >= 15 is 0 Å². The van der Waals surface area contributed by atoms with E-state index in [4.69, 9.17) is 4.74 Å². The van der Waals surface area contributed by atoms with Crippen LogP contribution < -0.4 is 15.0 Å². The Morgan fingerprint density at radius 1 is 1.19 bits per heavy atom. The minimum atomic E-state index is -0.203. The van der Waals surface area contributed by atoms with Crippen LogP contribution in [-0.2, 0) is 4.79 Å². The van der Waals surface area contributed by atoms with Crippen molar-refractivity contribution in [2.45, 2.75) is 26.7 Å². The van der Waals surface area contributed by atoms with Gasteiger partial charge in [-0.05, 0) is 80.8 Å². The number of fused-ring (bicyclic) bond motifs is 1. The summed E-state index contributed by atoms with van der Waals surface area (Å²) in [6.45, 7) is 12.4. The molecule has 1 aromatic carbocycles. The Morgan fingerprint density at radius 3 is 2.65 bits per heavy atom. The molecule has 2 aliphatic rings. The van der Waals surface area contributed by atoms with Crippen molar-refractivity contribution in [2.24, 2.45) is 0 Å². The SMILES string of the molecule is C=CC(=O)NC1=C(C)CCC(c2c(-c3ccc(N4CCN(C)CC4)cc3)[nH]c3ncc(OCC)cc23)=C1. The predicted octanol–water partition coefficient (Wildman–Crippen LogP) is 5.13. The van der Waals surface area contributed by atoms with Gasteiger partial charge >= 0.3 is 0 Å². The van der Waals surface area contributed by atoms with Gasteiger partial charge in [-0.1, -0.05) is 18.7 Å². The lowest BCUT2D eigenvalue weighted by Crippen LogP contribution is -2.44. The number of piperazine rings is 1. The Kier molecular flexibility index (Phi) is 7.15. The maximum absolute atomic E-state index is 12.1. The van der Waals surface area contributed by atoms with E-state index in [1.165, 1.54) is 11.8 Å². The number of hydrogen-bond acceptors (Lipinski definition) is 5. The van der Waals surface area contributed by atoms with Crippen molar-refractivity contribution in [3.05, 3.63) is 72.1 Å². The molecule has 0 radical (unpaired) electrons. The highest BCUT2D eigenvalue weighted by molar-refractivity contribution is 6.00. The number of ether oxygens (including phenoxy) is 1. The molecule has 1 aliphatic carbocycles. The van der Waals surface area contributed by atoms with Crippen LogP contribution >= 0.6 is 0 Å². The summed E-state index contributed by atoms with van der Waals surface area (Å²) in [5.74, 6) is 0.543. The Bertz CT molecular complexity index is 1370. The maximum Gasteiger partial charge on any atom is 0.247 e. The van der Waals surface area contributed by atoms with Gasteiger partial charge < -0.3 is 24.8 Å². The van der Waals surface area contributed by atoms with E-state index in [2.05, 4.69) is 82.0 Å². The summed E-state index contributed by atoms with van der Waals surface area (Å²) in [5.41, 5.74) is 8.46. The number of allylic oxidation sites excluding steroid dienone is 3. The lowest BCUT2D eigenvalue weighted by molar-refractivity contribution is -0.115. The number of anilines is 1. The summed E-state index contributed by atoms with van der Waals surface area (Å²) in [6.07, 6.45) is 6.91. The predicted molar refractivity (Wildman–Crippen MR) is 151 cm³/mol. The molecule has 1 aliphatic heterocycles. The number of benzene rings is 1. The number of aromatic nitrogens is 2. The summed E-state index contributed by atoms with van der Waals surface area (Å²) in [4.78, 5) is 25.2. The van der Waals surface area contributed by atoms with Crippen LogP contribution in [-0.4, -0.2) is 60.6 Å². The number of carbonyl (C=O) groups excluding carboxylic acids is 1. The normalized spacial score (nSPS) is 16.6. The Hall–Kier alpha value is -3.84. The molecule has 0 spiro atoms. The number of carbonyl (C=O) groups is 1. The molecule has 7 nitrogen and oxygen atoms in total. The molecule has 37 heavy (non-hydrogen) atoms. The maximum atomic E-state index is 12.1. The van der Waals surface area contributed by atoms with E-state index in [1.54, 1.807) is 6.20 Å². The summed E-state index contributed by atoms with van der Waals surface area (Å²) >= 11 is 0. The van der Waals surface area contributed by atoms with Gasteiger partial charge in [0.15, 0.2) is 0 Å². The molecule has 192 valence electrons. The second-order valence-corrected chi connectivity index (χ2v) is 9.77. The molecular weight excluding hydrogens is 462 g/mol. The molecule has 7 heteroatoms. The second kappa shape index (κ2) is 10.6. The van der Waals surface area contributed by atoms with Crippen molar-refractivity contribution in [3.8, 4) is 17.0 Å². The third kappa shape index (κ3) is 5.18. The molecule has 0 bridgehead atoms. The lowest BCUT2D eigenvalue weighted by Gasteiger charge is -2.34. The molecular formula is C30H35N5O2. The quantitative estimate of drug-likeness (QED) is 0.443. The van der Waals surface area contributed by atoms with E-state index in [0.717, 1.165) is 89.5 Å². The Labute approximate surface area is 218 Å². The van der Waals surface area contributed by atoms with Crippen molar-refractivity contribution < 1.29 is 9.53 Å². The first-order valence-electron chi connectivity index (χ1n) is 13.0. The average Bonchev–Trinajstić information content (AvgIpc) is 3.29. The van der Waals surface area contributed by atoms with Crippen LogP contribution in [0.5, 0.6) is 5.75 Å². The number of H-pyrrole nitrogens is 1. The zero-order chi connectivity index (χ0) is 25.9. The third-order valence-electron chi connectivity index (χ3n) is 7.27. The molecule has 2 N–H and O–H groups in total. The summed E-state index contributed by atoms with van der Waals surface area (Å²) in [7, 11) is 2.17. The first kappa shape index (κ1) is 24.8. The first-order valence-corrected chi connectivity index (χ1v) is 13.0. The van der Waals surface area contributed by atoms with Crippen molar-refractivity contribution >= 4 is 28.2 Å². The van der Waals surface area contributed by atoms with Crippen molar-refractivity contribution in [3.63, 3.8) is 0 Å². The number of rotatable bonds is 7. The van der Waals surface area contributed by atoms with Crippen LogP contribution in [0.4, 0.5) is 5.69 Å². The van der Waals surface area contributed by atoms with Crippen LogP contribution in [0, 0.1) is 0 Å². The fraction of sp³-hybridized carbons (Fsp3) is 0.333. The highest BCUT2D eigenvalue weighted by Gasteiger charge is 2.22. The highest BCUT2D eigenvalue weighted by atomic mass is 16.5. The fourth-order valence-corrected chi connectivity index (χ4v) is 5.10. The third-order valence-corrected chi connectivity index (χ3v) is 7.27. The van der Waals surface area contributed by atoms with Crippen LogP contribution in [0.1, 0.15) is 32.3 Å². The topological polar surface area (TPSA) is 73.5 Å². The van der Waals surface area contributed by atoms with Crippen LogP contribution in [0.2, 0.25) is 0 Å². The molecule has 1 fully saturated rings. The van der Waals surface area contributed by atoms with Gasteiger partial charge in [-0.15, -0.1) is 0 Å². The van der Waals surface area contributed by atoms with Gasteiger partial charge in [-0.2, -0.15) is 0 Å². The number of pyridine rings is 1. The standard InChI is InChI=1S/C30H35N5O2/c1-5-27(36)32-26-17-22(8-7-20(26)3)28-25-18-24(37-6-2)19-31-30(25)33-29(28)21-9-11-23(12-10-21)35-15-13-34(4)14-16-35/h5,9-12,17-19H,1,6-8,13-16H2,2-4H3,(H,31,33)(H,32,36). The van der Waals surface area contributed by atoms with Gasteiger partial charge in [0, 0.05) is 48.5 Å². The number of aromatic amines is 1. The first-order chi connectivity index (χ1) is 18.0. The van der Waals surface area contributed by atoms with E-state index in [-0.39, 0.29) is 5.91 Å². The highest BCUT2D eigenvalue weighted by Crippen LogP contribution is 2.40. The van der Waals surface area contributed by atoms with Crippen LogP contribution in [0.25, 0.3) is 27.9 Å². The second-order valence-electron chi connectivity index (χ2n) is 9.77. The minimum Gasteiger partial charge on any atom is -0.492 e.